The van der Waals surface area contributed by atoms with Crippen molar-refractivity contribution in [1.82, 2.24) is 10.1 Å². The monoisotopic (exact) mass is 540 g/mol. The van der Waals surface area contributed by atoms with Crippen molar-refractivity contribution in [2.24, 2.45) is 11.3 Å². The van der Waals surface area contributed by atoms with Crippen LogP contribution in [0.4, 0.5) is 4.79 Å². The van der Waals surface area contributed by atoms with Gasteiger partial charge in [0, 0.05) is 29.6 Å². The van der Waals surface area contributed by atoms with Crippen LogP contribution in [0.2, 0.25) is 13.1 Å². The molecule has 1 fully saturated rings. The first-order valence-corrected chi connectivity index (χ1v) is 16.7. The lowest BCUT2D eigenvalue weighted by Crippen LogP contribution is -2.41. The highest BCUT2D eigenvalue weighted by Gasteiger charge is 2.34. The highest BCUT2D eigenvalue weighted by molar-refractivity contribution is 6.48. The Morgan fingerprint density at radius 1 is 1.13 bits per heavy atom. The highest BCUT2D eigenvalue weighted by Crippen LogP contribution is 2.45. The van der Waals surface area contributed by atoms with Gasteiger partial charge in [0.25, 0.3) is 0 Å². The molecule has 1 aliphatic heterocycles. The average Bonchev–Trinajstić information content (AvgIpc) is 3.49. The Hall–Kier alpha value is -2.58. The van der Waals surface area contributed by atoms with Crippen molar-refractivity contribution >= 4 is 26.1 Å². The number of hydrogen-bond acceptors (Lipinski definition) is 6. The van der Waals surface area contributed by atoms with Gasteiger partial charge in [0.05, 0.1) is 18.1 Å². The predicted octanol–water partition coefficient (Wildman–Crippen LogP) is 7.75. The molecular weight excluding hydrogens is 496 g/mol. The number of furan rings is 1. The molecule has 1 unspecified atom stereocenters. The molecule has 0 bridgehead atoms. The van der Waals surface area contributed by atoms with Crippen molar-refractivity contribution in [3.8, 4) is 11.3 Å². The standard InChI is InChI=1S/C30H44N2O5Si/c1-29(2,3)27(37-38(7)8)25-22(24-10-9-19-34-24)13-12-21-23(31-36-26(21)25)14-11-20-15-17-32(18-16-20)28(33)35-30(4,5)6/h9-10,12-13,19-20,27,38H,11,14-18H2,1-8H3. The first-order valence-electron chi connectivity index (χ1n) is 13.9. The molecule has 3 aromatic rings. The van der Waals surface area contributed by atoms with Crippen molar-refractivity contribution in [2.45, 2.75) is 92.0 Å². The molecule has 2 aromatic heterocycles. The molecule has 1 aliphatic rings. The molecule has 4 rings (SSSR count). The van der Waals surface area contributed by atoms with Crippen LogP contribution < -0.4 is 0 Å². The molecule has 1 saturated heterocycles. The van der Waals surface area contributed by atoms with E-state index in [1.165, 1.54) is 0 Å². The van der Waals surface area contributed by atoms with Crippen LogP contribution in [0, 0.1) is 11.3 Å². The van der Waals surface area contributed by atoms with Gasteiger partial charge in [-0.1, -0.05) is 25.9 Å². The lowest BCUT2D eigenvalue weighted by molar-refractivity contribution is 0.0181. The summed E-state index contributed by atoms with van der Waals surface area (Å²) in [6, 6.07) is 8.13. The Morgan fingerprint density at radius 3 is 2.42 bits per heavy atom. The molecule has 0 spiro atoms. The number of amides is 1. The maximum Gasteiger partial charge on any atom is 0.410 e. The molecule has 38 heavy (non-hydrogen) atoms. The molecule has 3 heterocycles. The number of aryl methyl sites for hydroxylation is 1. The fraction of sp³-hybridized carbons (Fsp3) is 0.600. The minimum Gasteiger partial charge on any atom is -0.464 e. The van der Waals surface area contributed by atoms with Crippen molar-refractivity contribution in [3.63, 3.8) is 0 Å². The van der Waals surface area contributed by atoms with Crippen LogP contribution in [-0.2, 0) is 15.6 Å². The Labute approximate surface area is 228 Å². The van der Waals surface area contributed by atoms with E-state index >= 15 is 0 Å². The number of aromatic nitrogens is 1. The number of piperidine rings is 1. The van der Waals surface area contributed by atoms with Crippen LogP contribution in [0.3, 0.4) is 0 Å². The second kappa shape index (κ2) is 11.3. The van der Waals surface area contributed by atoms with Gasteiger partial charge in [-0.2, -0.15) is 0 Å². The maximum absolute atomic E-state index is 12.4. The topological polar surface area (TPSA) is 77.9 Å². The minimum atomic E-state index is -1.36. The third kappa shape index (κ3) is 6.70. The third-order valence-electron chi connectivity index (χ3n) is 7.05. The van der Waals surface area contributed by atoms with Crippen molar-refractivity contribution in [2.75, 3.05) is 13.1 Å². The Balaban J connectivity index is 1.54. The maximum atomic E-state index is 12.4. The quantitative estimate of drug-likeness (QED) is 0.285. The smallest absolute Gasteiger partial charge is 0.410 e. The lowest BCUT2D eigenvalue weighted by atomic mass is 9.81. The van der Waals surface area contributed by atoms with Gasteiger partial charge in [0.15, 0.2) is 14.6 Å². The van der Waals surface area contributed by atoms with Crippen molar-refractivity contribution in [3.05, 3.63) is 41.8 Å². The lowest BCUT2D eigenvalue weighted by Gasteiger charge is -2.34. The number of hydrogen-bond donors (Lipinski definition) is 0. The van der Waals surface area contributed by atoms with Gasteiger partial charge in [-0.25, -0.2) is 4.79 Å². The number of nitrogens with zero attached hydrogens (tertiary/aromatic N) is 2. The molecule has 0 N–H and O–H groups in total. The van der Waals surface area contributed by atoms with E-state index in [2.05, 4.69) is 51.2 Å². The summed E-state index contributed by atoms with van der Waals surface area (Å²) in [7, 11) is -1.36. The van der Waals surface area contributed by atoms with E-state index < -0.39 is 14.6 Å². The number of carbonyl (C=O) groups excluding carboxylic acids is 1. The zero-order valence-electron chi connectivity index (χ0n) is 24.3. The zero-order chi connectivity index (χ0) is 27.7. The summed E-state index contributed by atoms with van der Waals surface area (Å²) >= 11 is 0. The number of carbonyl (C=O) groups is 1. The molecule has 8 heteroatoms. The highest BCUT2D eigenvalue weighted by atomic mass is 28.3. The van der Waals surface area contributed by atoms with Gasteiger partial charge in [0.2, 0.25) is 0 Å². The molecule has 0 radical (unpaired) electrons. The van der Waals surface area contributed by atoms with E-state index in [9.17, 15) is 4.79 Å². The van der Waals surface area contributed by atoms with E-state index in [0.29, 0.717) is 5.92 Å². The summed E-state index contributed by atoms with van der Waals surface area (Å²) in [5.41, 5.74) is 3.19. The first kappa shape index (κ1) is 28.4. The fourth-order valence-corrected chi connectivity index (χ4v) is 6.30. The minimum absolute atomic E-state index is 0.137. The van der Waals surface area contributed by atoms with Crippen LogP contribution >= 0.6 is 0 Å². The van der Waals surface area contributed by atoms with E-state index in [4.69, 9.17) is 18.1 Å². The summed E-state index contributed by atoms with van der Waals surface area (Å²) in [4.78, 5) is 14.2. The molecule has 1 amide bonds. The van der Waals surface area contributed by atoms with Crippen LogP contribution in [0.15, 0.2) is 39.5 Å². The third-order valence-corrected chi connectivity index (χ3v) is 7.87. The molecule has 0 aliphatic carbocycles. The molecule has 7 nitrogen and oxygen atoms in total. The van der Waals surface area contributed by atoms with E-state index in [0.717, 1.165) is 72.3 Å². The second-order valence-electron chi connectivity index (χ2n) is 12.9. The van der Waals surface area contributed by atoms with Crippen LogP contribution in [-0.4, -0.2) is 43.9 Å². The molecule has 1 aromatic carbocycles. The van der Waals surface area contributed by atoms with Gasteiger partial charge in [-0.15, -0.1) is 0 Å². The second-order valence-corrected chi connectivity index (χ2v) is 15.3. The van der Waals surface area contributed by atoms with Gasteiger partial charge in [-0.05, 0) is 95.1 Å². The summed E-state index contributed by atoms with van der Waals surface area (Å²) < 4.78 is 24.1. The number of benzene rings is 1. The molecule has 0 saturated carbocycles. The summed E-state index contributed by atoms with van der Waals surface area (Å²) in [6.45, 7) is 18.2. The Bertz CT molecular complexity index is 1210. The zero-order valence-corrected chi connectivity index (χ0v) is 25.5. The number of likely N-dealkylation sites (tertiary alicyclic amines) is 1. The number of rotatable bonds is 7. The van der Waals surface area contributed by atoms with Gasteiger partial charge >= 0.3 is 6.09 Å². The molecule has 1 atom stereocenters. The average molecular weight is 541 g/mol. The van der Waals surface area contributed by atoms with Crippen molar-refractivity contribution < 1.29 is 22.9 Å². The van der Waals surface area contributed by atoms with Gasteiger partial charge in [0.1, 0.15) is 11.4 Å². The SMILES string of the molecule is C[SiH](C)OC(c1c(-c2ccco2)ccc2c(CCC3CCN(C(=O)OC(C)(C)C)CC3)noc12)C(C)(C)C. The van der Waals surface area contributed by atoms with E-state index in [1.807, 2.05) is 37.8 Å². The fourth-order valence-electron chi connectivity index (χ4n) is 5.21. The number of ether oxygens (including phenoxy) is 1. The van der Waals surface area contributed by atoms with Crippen molar-refractivity contribution in [1.29, 1.82) is 0 Å². The van der Waals surface area contributed by atoms with E-state index in [1.54, 1.807) is 6.26 Å². The van der Waals surface area contributed by atoms with Crippen LogP contribution in [0.5, 0.6) is 0 Å². The predicted molar refractivity (Wildman–Crippen MR) is 153 cm³/mol. The van der Waals surface area contributed by atoms with Gasteiger partial charge in [-0.3, -0.25) is 0 Å². The Kier molecular flexibility index (Phi) is 8.42. The largest absolute Gasteiger partial charge is 0.464 e. The molecule has 208 valence electrons. The Morgan fingerprint density at radius 2 is 1.84 bits per heavy atom. The summed E-state index contributed by atoms with van der Waals surface area (Å²) in [5, 5.41) is 5.60. The van der Waals surface area contributed by atoms with E-state index in [-0.39, 0.29) is 17.6 Å². The van der Waals surface area contributed by atoms with Crippen LogP contribution in [0.25, 0.3) is 22.3 Å². The molecular formula is C30H44N2O5Si. The summed E-state index contributed by atoms with van der Waals surface area (Å²) in [5.74, 6) is 1.35. The van der Waals surface area contributed by atoms with Crippen LogP contribution in [0.1, 0.15) is 78.2 Å². The van der Waals surface area contributed by atoms with Gasteiger partial charge < -0.3 is 23.0 Å². The number of fused-ring (bicyclic) bond motifs is 1. The normalized spacial score (nSPS) is 16.4. The first-order chi connectivity index (χ1) is 17.8. The summed E-state index contributed by atoms with van der Waals surface area (Å²) in [6.07, 6.45) is 5.15.